The van der Waals surface area contributed by atoms with E-state index in [1.165, 1.54) is 43.6 Å². The van der Waals surface area contributed by atoms with Crippen LogP contribution < -0.4 is 0 Å². The fraction of sp³-hybridized carbons (Fsp3) is 1.00. The quantitative estimate of drug-likeness (QED) is 0.462. The predicted molar refractivity (Wildman–Crippen MR) is 64.5 cm³/mol. The van der Waals surface area contributed by atoms with Gasteiger partial charge in [0, 0.05) is 11.0 Å². The fourth-order valence-electron chi connectivity index (χ4n) is 0.968. The molecule has 0 aromatic heterocycles. The molecule has 0 aliphatic rings. The highest BCUT2D eigenvalue weighted by atomic mass is 32.2. The molecule has 2 heteroatoms. The number of rotatable bonds is 8. The third-order valence-electron chi connectivity index (χ3n) is 1.92. The van der Waals surface area contributed by atoms with E-state index in [4.69, 9.17) is 0 Å². The van der Waals surface area contributed by atoms with Gasteiger partial charge in [0.1, 0.15) is 0 Å². The molecule has 0 N–H and O–H groups in total. The maximum absolute atomic E-state index is 4.45. The van der Waals surface area contributed by atoms with Gasteiger partial charge in [-0.15, -0.1) is 0 Å². The van der Waals surface area contributed by atoms with E-state index in [2.05, 4.69) is 38.2 Å². The average Bonchev–Trinajstić information content (AvgIpc) is 2.10. The largest absolute Gasteiger partial charge is 0.175 e. The standard InChI is InChI=1S/C10H22S2/c1-3-5-6-7-8-12-9-10(11)4-2/h10-11H,3-9H2,1-2H3. The van der Waals surface area contributed by atoms with Crippen molar-refractivity contribution in [2.24, 2.45) is 0 Å². The molecule has 0 aromatic carbocycles. The van der Waals surface area contributed by atoms with E-state index >= 15 is 0 Å². The van der Waals surface area contributed by atoms with Crippen LogP contribution in [0.2, 0.25) is 0 Å². The fourth-order valence-corrected chi connectivity index (χ4v) is 2.37. The summed E-state index contributed by atoms with van der Waals surface area (Å²) in [6.45, 7) is 4.46. The summed E-state index contributed by atoms with van der Waals surface area (Å²) >= 11 is 6.51. The van der Waals surface area contributed by atoms with Crippen molar-refractivity contribution in [3.05, 3.63) is 0 Å². The van der Waals surface area contributed by atoms with Crippen molar-refractivity contribution in [3.8, 4) is 0 Å². The van der Waals surface area contributed by atoms with E-state index in [-0.39, 0.29) is 0 Å². The summed E-state index contributed by atoms with van der Waals surface area (Å²) in [4.78, 5) is 0. The van der Waals surface area contributed by atoms with Crippen LogP contribution in [0.5, 0.6) is 0 Å². The first kappa shape index (κ1) is 12.7. The van der Waals surface area contributed by atoms with E-state index < -0.39 is 0 Å². The number of thiol groups is 1. The smallest absolute Gasteiger partial charge is 0.0105 e. The first-order valence-corrected chi connectivity index (χ1v) is 6.74. The Morgan fingerprint density at radius 3 is 2.50 bits per heavy atom. The van der Waals surface area contributed by atoms with Gasteiger partial charge in [-0.25, -0.2) is 0 Å². The molecule has 0 rings (SSSR count). The first-order chi connectivity index (χ1) is 5.81. The lowest BCUT2D eigenvalue weighted by atomic mass is 10.2. The second kappa shape index (κ2) is 9.79. The minimum atomic E-state index is 0.612. The minimum absolute atomic E-state index is 0.612. The van der Waals surface area contributed by atoms with Crippen molar-refractivity contribution >= 4 is 24.4 Å². The summed E-state index contributed by atoms with van der Waals surface area (Å²) in [7, 11) is 0. The lowest BCUT2D eigenvalue weighted by Crippen LogP contribution is -2.00. The summed E-state index contributed by atoms with van der Waals surface area (Å²) < 4.78 is 0. The Bertz CT molecular complexity index is 83.9. The monoisotopic (exact) mass is 206 g/mol. The third kappa shape index (κ3) is 8.79. The Labute approximate surface area is 87.3 Å². The van der Waals surface area contributed by atoms with Crippen LogP contribution in [0, 0.1) is 0 Å². The van der Waals surface area contributed by atoms with Crippen molar-refractivity contribution in [1.29, 1.82) is 0 Å². The molecule has 1 atom stereocenters. The van der Waals surface area contributed by atoms with E-state index in [1.54, 1.807) is 0 Å². The average molecular weight is 206 g/mol. The summed E-state index contributed by atoms with van der Waals surface area (Å²) in [5.74, 6) is 2.56. The molecular formula is C10H22S2. The van der Waals surface area contributed by atoms with Gasteiger partial charge in [0.05, 0.1) is 0 Å². The van der Waals surface area contributed by atoms with Crippen molar-refractivity contribution < 1.29 is 0 Å². The van der Waals surface area contributed by atoms with Crippen LogP contribution in [-0.4, -0.2) is 16.8 Å². The van der Waals surface area contributed by atoms with Crippen molar-refractivity contribution in [2.45, 2.75) is 51.2 Å². The van der Waals surface area contributed by atoms with Crippen molar-refractivity contribution in [3.63, 3.8) is 0 Å². The van der Waals surface area contributed by atoms with Gasteiger partial charge in [0.15, 0.2) is 0 Å². The second-order valence-corrected chi connectivity index (χ2v) is 5.08. The van der Waals surface area contributed by atoms with Gasteiger partial charge in [0.2, 0.25) is 0 Å². The van der Waals surface area contributed by atoms with Gasteiger partial charge >= 0.3 is 0 Å². The highest BCUT2D eigenvalue weighted by molar-refractivity contribution is 8.00. The number of unbranched alkanes of at least 4 members (excludes halogenated alkanes) is 3. The molecule has 0 radical (unpaired) electrons. The zero-order valence-corrected chi connectivity index (χ0v) is 10.1. The Balaban J connectivity index is 2.90. The van der Waals surface area contributed by atoms with Crippen LogP contribution in [0.15, 0.2) is 0 Å². The number of thioether (sulfide) groups is 1. The lowest BCUT2D eigenvalue weighted by Gasteiger charge is -2.06. The van der Waals surface area contributed by atoms with Gasteiger partial charge in [-0.3, -0.25) is 0 Å². The Morgan fingerprint density at radius 1 is 1.17 bits per heavy atom. The number of hydrogen-bond donors (Lipinski definition) is 1. The molecule has 0 nitrogen and oxygen atoms in total. The van der Waals surface area contributed by atoms with Gasteiger partial charge in [-0.1, -0.05) is 33.1 Å². The Hall–Kier alpha value is 0.700. The Morgan fingerprint density at radius 2 is 1.92 bits per heavy atom. The molecular weight excluding hydrogens is 184 g/mol. The van der Waals surface area contributed by atoms with E-state index in [1.807, 2.05) is 0 Å². The molecule has 0 heterocycles. The topological polar surface area (TPSA) is 0 Å². The highest BCUT2D eigenvalue weighted by Crippen LogP contribution is 2.13. The molecule has 0 spiro atoms. The molecule has 0 saturated carbocycles. The summed E-state index contributed by atoms with van der Waals surface area (Å²) in [5, 5.41) is 0.612. The Kier molecular flexibility index (Phi) is 10.4. The molecule has 0 aromatic rings. The molecule has 1 unspecified atom stereocenters. The van der Waals surface area contributed by atoms with E-state index in [0.29, 0.717) is 5.25 Å². The minimum Gasteiger partial charge on any atom is -0.175 e. The molecule has 0 aliphatic carbocycles. The maximum Gasteiger partial charge on any atom is 0.0105 e. The molecule has 0 saturated heterocycles. The summed E-state index contributed by atoms with van der Waals surface area (Å²) in [6.07, 6.45) is 6.74. The van der Waals surface area contributed by atoms with E-state index in [0.717, 1.165) is 0 Å². The molecule has 12 heavy (non-hydrogen) atoms. The van der Waals surface area contributed by atoms with Gasteiger partial charge in [0.25, 0.3) is 0 Å². The molecule has 0 bridgehead atoms. The molecule has 0 fully saturated rings. The molecule has 0 amide bonds. The van der Waals surface area contributed by atoms with Gasteiger partial charge in [-0.05, 0) is 18.6 Å². The van der Waals surface area contributed by atoms with Gasteiger partial charge < -0.3 is 0 Å². The van der Waals surface area contributed by atoms with Crippen LogP contribution in [-0.2, 0) is 0 Å². The normalized spacial score (nSPS) is 13.2. The second-order valence-electron chi connectivity index (χ2n) is 3.20. The van der Waals surface area contributed by atoms with E-state index in [9.17, 15) is 0 Å². The summed E-state index contributed by atoms with van der Waals surface area (Å²) in [5.41, 5.74) is 0. The highest BCUT2D eigenvalue weighted by Gasteiger charge is 1.98. The summed E-state index contributed by atoms with van der Waals surface area (Å²) in [6, 6.07) is 0. The van der Waals surface area contributed by atoms with Crippen molar-refractivity contribution in [2.75, 3.05) is 11.5 Å². The maximum atomic E-state index is 4.45. The predicted octanol–water partition coefficient (Wildman–Crippen LogP) is 4.01. The zero-order valence-electron chi connectivity index (χ0n) is 8.38. The first-order valence-electron chi connectivity index (χ1n) is 5.07. The van der Waals surface area contributed by atoms with Crippen LogP contribution >= 0.6 is 24.4 Å². The third-order valence-corrected chi connectivity index (χ3v) is 3.93. The SMILES string of the molecule is CCCCCCSCC(S)CC. The van der Waals surface area contributed by atoms with Crippen LogP contribution in [0.4, 0.5) is 0 Å². The van der Waals surface area contributed by atoms with Crippen LogP contribution in [0.25, 0.3) is 0 Å². The molecule has 0 aliphatic heterocycles. The number of hydrogen-bond acceptors (Lipinski definition) is 2. The zero-order chi connectivity index (χ0) is 9.23. The van der Waals surface area contributed by atoms with Crippen LogP contribution in [0.1, 0.15) is 46.0 Å². The molecule has 74 valence electrons. The van der Waals surface area contributed by atoms with Crippen molar-refractivity contribution in [1.82, 2.24) is 0 Å². The van der Waals surface area contributed by atoms with Gasteiger partial charge in [-0.2, -0.15) is 24.4 Å². The van der Waals surface area contributed by atoms with Crippen LogP contribution in [0.3, 0.4) is 0 Å². The lowest BCUT2D eigenvalue weighted by molar-refractivity contribution is 0.706.